The van der Waals surface area contributed by atoms with Crippen molar-refractivity contribution in [2.75, 3.05) is 13.1 Å². The zero-order valence-corrected chi connectivity index (χ0v) is 12.3. The highest BCUT2D eigenvalue weighted by molar-refractivity contribution is 4.93. The Bertz CT molecular complexity index is 213. The number of hydrogen-bond donors (Lipinski definition) is 1. The first-order valence-corrected chi connectivity index (χ1v) is 7.50. The molecule has 2 nitrogen and oxygen atoms in total. The van der Waals surface area contributed by atoms with Crippen LogP contribution in [0.3, 0.4) is 0 Å². The van der Waals surface area contributed by atoms with Crippen LogP contribution in [0, 0.1) is 0 Å². The second-order valence-corrected chi connectivity index (χ2v) is 5.86. The molecule has 0 aromatic carbocycles. The van der Waals surface area contributed by atoms with Gasteiger partial charge in [-0.15, -0.1) is 0 Å². The highest BCUT2D eigenvalue weighted by Gasteiger charge is 2.40. The summed E-state index contributed by atoms with van der Waals surface area (Å²) in [4.78, 5) is 0. The van der Waals surface area contributed by atoms with E-state index >= 15 is 0 Å². The van der Waals surface area contributed by atoms with E-state index in [0.717, 1.165) is 25.9 Å². The summed E-state index contributed by atoms with van der Waals surface area (Å²) in [6, 6.07) is 0. The third-order valence-corrected chi connectivity index (χ3v) is 4.26. The molecule has 1 fully saturated rings. The second-order valence-electron chi connectivity index (χ2n) is 5.86. The number of hydrogen-bond acceptors (Lipinski definition) is 2. The predicted octanol–water partition coefficient (Wildman–Crippen LogP) is 3.89. The molecule has 17 heavy (non-hydrogen) atoms. The molecule has 0 aliphatic carbocycles. The minimum absolute atomic E-state index is 0.0536. The maximum absolute atomic E-state index is 6.48. The molecule has 0 amide bonds. The molecule has 2 heteroatoms. The largest absolute Gasteiger partial charge is 0.366 e. The van der Waals surface area contributed by atoms with Crippen molar-refractivity contribution < 1.29 is 4.74 Å². The summed E-state index contributed by atoms with van der Waals surface area (Å²) in [5, 5.41) is 3.58. The van der Waals surface area contributed by atoms with E-state index in [2.05, 4.69) is 33.0 Å². The lowest BCUT2D eigenvalue weighted by Crippen LogP contribution is -2.58. The maximum atomic E-state index is 6.48. The maximum Gasteiger partial charge on any atom is 0.0809 e. The molecule has 1 aliphatic heterocycles. The van der Waals surface area contributed by atoms with Crippen LogP contribution in [-0.4, -0.2) is 24.3 Å². The molecule has 1 unspecified atom stereocenters. The van der Waals surface area contributed by atoms with Gasteiger partial charge >= 0.3 is 0 Å². The second kappa shape index (κ2) is 6.75. The van der Waals surface area contributed by atoms with E-state index in [1.165, 1.54) is 32.1 Å². The van der Waals surface area contributed by atoms with E-state index in [4.69, 9.17) is 4.74 Å². The van der Waals surface area contributed by atoms with Crippen molar-refractivity contribution in [2.45, 2.75) is 83.8 Å². The first kappa shape index (κ1) is 15.0. The Hall–Kier alpha value is -0.0800. The van der Waals surface area contributed by atoms with Crippen LogP contribution >= 0.6 is 0 Å². The van der Waals surface area contributed by atoms with Crippen LogP contribution in [0.1, 0.15) is 72.6 Å². The van der Waals surface area contributed by atoms with Gasteiger partial charge in [-0.2, -0.15) is 0 Å². The van der Waals surface area contributed by atoms with Crippen molar-refractivity contribution >= 4 is 0 Å². The summed E-state index contributed by atoms with van der Waals surface area (Å²) in [6.45, 7) is 11.1. The van der Waals surface area contributed by atoms with Gasteiger partial charge in [-0.25, -0.2) is 0 Å². The Labute approximate surface area is 108 Å². The van der Waals surface area contributed by atoms with Gasteiger partial charge in [0.15, 0.2) is 0 Å². The molecule has 0 bridgehead atoms. The summed E-state index contributed by atoms with van der Waals surface area (Å²) < 4.78 is 6.48. The first-order valence-electron chi connectivity index (χ1n) is 7.50. The van der Waals surface area contributed by atoms with E-state index in [-0.39, 0.29) is 11.2 Å². The molecule has 1 rings (SSSR count). The lowest BCUT2D eigenvalue weighted by molar-refractivity contribution is -0.176. The highest BCUT2D eigenvalue weighted by atomic mass is 16.5. The molecule has 1 atom stereocenters. The van der Waals surface area contributed by atoms with Gasteiger partial charge in [-0.05, 0) is 26.2 Å². The van der Waals surface area contributed by atoms with Gasteiger partial charge in [0, 0.05) is 13.1 Å². The van der Waals surface area contributed by atoms with Crippen LogP contribution < -0.4 is 5.32 Å². The molecule has 102 valence electrons. The number of nitrogens with one attached hydrogen (secondary N) is 1. The van der Waals surface area contributed by atoms with Gasteiger partial charge in [0.05, 0.1) is 11.2 Å². The summed E-state index contributed by atoms with van der Waals surface area (Å²) in [5.41, 5.74) is 0.135. The minimum Gasteiger partial charge on any atom is -0.366 e. The normalized spacial score (nSPS) is 28.2. The molecule has 1 heterocycles. The van der Waals surface area contributed by atoms with Gasteiger partial charge in [-0.3, -0.25) is 0 Å². The fraction of sp³-hybridized carbons (Fsp3) is 1.00. The Morgan fingerprint density at radius 1 is 1.00 bits per heavy atom. The van der Waals surface area contributed by atoms with Gasteiger partial charge in [-0.1, -0.05) is 46.5 Å². The molecule has 1 aliphatic rings. The van der Waals surface area contributed by atoms with Crippen molar-refractivity contribution in [3.63, 3.8) is 0 Å². The molecule has 0 aromatic rings. The van der Waals surface area contributed by atoms with Crippen LogP contribution in [0.2, 0.25) is 0 Å². The predicted molar refractivity (Wildman–Crippen MR) is 74.4 cm³/mol. The summed E-state index contributed by atoms with van der Waals surface area (Å²) >= 11 is 0. The summed E-state index contributed by atoms with van der Waals surface area (Å²) in [6.07, 6.45) is 8.74. The average Bonchev–Trinajstić information content (AvgIpc) is 2.34. The molecular formula is C15H31NO. The fourth-order valence-electron chi connectivity index (χ4n) is 2.86. The van der Waals surface area contributed by atoms with E-state index in [9.17, 15) is 0 Å². The smallest absolute Gasteiger partial charge is 0.0809 e. The molecule has 0 aromatic heterocycles. The Kier molecular flexibility index (Phi) is 5.94. The standard InChI is InChI=1S/C15H31NO/c1-5-8-9-10-11-14(4)12-16-13-15(6-2,7-3)17-14/h16H,5-13H2,1-4H3. The van der Waals surface area contributed by atoms with Crippen LogP contribution in [0.25, 0.3) is 0 Å². The SMILES string of the molecule is CCCCCCC1(C)CNCC(CC)(CC)O1. The van der Waals surface area contributed by atoms with Crippen LogP contribution in [0.5, 0.6) is 0 Å². The van der Waals surface area contributed by atoms with Crippen molar-refractivity contribution in [2.24, 2.45) is 0 Å². The molecule has 1 N–H and O–H groups in total. The Morgan fingerprint density at radius 2 is 1.71 bits per heavy atom. The Morgan fingerprint density at radius 3 is 2.29 bits per heavy atom. The van der Waals surface area contributed by atoms with Crippen LogP contribution in [0.15, 0.2) is 0 Å². The molecule has 0 spiro atoms. The summed E-state index contributed by atoms with van der Waals surface area (Å²) in [7, 11) is 0. The quantitative estimate of drug-likeness (QED) is 0.683. The van der Waals surface area contributed by atoms with E-state index in [1.54, 1.807) is 0 Å². The lowest BCUT2D eigenvalue weighted by Gasteiger charge is -2.47. The topological polar surface area (TPSA) is 21.3 Å². The first-order chi connectivity index (χ1) is 8.10. The Balaban J connectivity index is 2.45. The van der Waals surface area contributed by atoms with E-state index in [1.807, 2.05) is 0 Å². The lowest BCUT2D eigenvalue weighted by atomic mass is 9.89. The van der Waals surface area contributed by atoms with E-state index < -0.39 is 0 Å². The van der Waals surface area contributed by atoms with Gasteiger partial charge in [0.1, 0.15) is 0 Å². The molecular weight excluding hydrogens is 210 g/mol. The van der Waals surface area contributed by atoms with E-state index in [0.29, 0.717) is 0 Å². The monoisotopic (exact) mass is 241 g/mol. The number of unbranched alkanes of at least 4 members (excludes halogenated alkanes) is 3. The summed E-state index contributed by atoms with van der Waals surface area (Å²) in [5.74, 6) is 0. The number of ether oxygens (including phenoxy) is 1. The third kappa shape index (κ3) is 4.26. The van der Waals surface area contributed by atoms with Crippen LogP contribution in [-0.2, 0) is 4.74 Å². The molecule has 0 saturated carbocycles. The molecule has 1 saturated heterocycles. The average molecular weight is 241 g/mol. The zero-order valence-electron chi connectivity index (χ0n) is 12.3. The van der Waals surface area contributed by atoms with Crippen LogP contribution in [0.4, 0.5) is 0 Å². The third-order valence-electron chi connectivity index (χ3n) is 4.26. The van der Waals surface area contributed by atoms with Gasteiger partial charge < -0.3 is 10.1 Å². The van der Waals surface area contributed by atoms with Crippen molar-refractivity contribution in [1.29, 1.82) is 0 Å². The fourth-order valence-corrected chi connectivity index (χ4v) is 2.86. The van der Waals surface area contributed by atoms with Crippen molar-refractivity contribution in [1.82, 2.24) is 5.32 Å². The van der Waals surface area contributed by atoms with Crippen molar-refractivity contribution in [3.8, 4) is 0 Å². The van der Waals surface area contributed by atoms with Crippen molar-refractivity contribution in [3.05, 3.63) is 0 Å². The minimum atomic E-state index is 0.0536. The highest BCUT2D eigenvalue weighted by Crippen LogP contribution is 2.33. The molecule has 0 radical (unpaired) electrons. The number of morpholine rings is 1. The van der Waals surface area contributed by atoms with Gasteiger partial charge in [0.2, 0.25) is 0 Å². The number of rotatable bonds is 7. The van der Waals surface area contributed by atoms with Gasteiger partial charge in [0.25, 0.3) is 0 Å². The zero-order chi connectivity index (χ0) is 12.8.